The van der Waals surface area contributed by atoms with Crippen molar-refractivity contribution in [1.82, 2.24) is 9.97 Å². The monoisotopic (exact) mass is 892 g/mol. The van der Waals surface area contributed by atoms with Crippen LogP contribution in [0.2, 0.25) is 0 Å². The van der Waals surface area contributed by atoms with Crippen molar-refractivity contribution < 1.29 is 4.74 Å². The Morgan fingerprint density at radius 2 is 0.778 bits per heavy atom. The van der Waals surface area contributed by atoms with E-state index in [-0.39, 0.29) is 10.8 Å². The summed E-state index contributed by atoms with van der Waals surface area (Å²) in [6.07, 6.45) is 3.87. The molecule has 63 heavy (non-hydrogen) atoms. The number of nitrogens with zero attached hydrogens (tertiary/aromatic N) is 2. The summed E-state index contributed by atoms with van der Waals surface area (Å²) in [7, 11) is 0. The van der Waals surface area contributed by atoms with Gasteiger partial charge in [-0.15, -0.1) is 45.3 Å². The minimum Gasteiger partial charge on any atom is -0.457 e. The highest BCUT2D eigenvalue weighted by Crippen LogP contribution is 2.45. The second-order valence-corrected chi connectivity index (χ2v) is 23.1. The number of aryl methyl sites for hydroxylation is 2. The predicted octanol–water partition coefficient (Wildman–Crippen LogP) is 18.0. The van der Waals surface area contributed by atoms with Crippen LogP contribution in [0.3, 0.4) is 0 Å². The maximum absolute atomic E-state index is 7.05. The Hall–Kier alpha value is -5.70. The van der Waals surface area contributed by atoms with Crippen LogP contribution in [-0.2, 0) is 10.8 Å². The van der Waals surface area contributed by atoms with Crippen LogP contribution in [0.4, 0.5) is 0 Å². The van der Waals surface area contributed by atoms with Gasteiger partial charge in [0.15, 0.2) is 0 Å². The number of rotatable bonds is 8. The number of benzene rings is 4. The summed E-state index contributed by atoms with van der Waals surface area (Å²) >= 11 is 7.18. The third kappa shape index (κ3) is 8.43. The summed E-state index contributed by atoms with van der Waals surface area (Å²) in [6.45, 7) is 17.9. The molecule has 3 nitrogen and oxygen atoms in total. The summed E-state index contributed by atoms with van der Waals surface area (Å²) in [4.78, 5) is 17.5. The molecule has 0 aliphatic rings. The lowest BCUT2D eigenvalue weighted by atomic mass is 9.86. The largest absolute Gasteiger partial charge is 0.457 e. The maximum atomic E-state index is 7.05. The first-order chi connectivity index (χ1) is 30.2. The number of pyridine rings is 2. The van der Waals surface area contributed by atoms with Crippen molar-refractivity contribution >= 4 is 65.5 Å². The summed E-state index contributed by atoms with van der Waals surface area (Å²) in [5.41, 5.74) is 11.5. The van der Waals surface area contributed by atoms with Crippen LogP contribution in [0.25, 0.3) is 84.4 Å². The normalized spacial score (nSPS) is 12.1. The van der Waals surface area contributed by atoms with E-state index in [2.05, 4.69) is 189 Å². The predicted molar refractivity (Wildman–Crippen MR) is 275 cm³/mol. The third-order valence-corrected chi connectivity index (χ3v) is 16.1. The van der Waals surface area contributed by atoms with Crippen molar-refractivity contribution in [2.75, 3.05) is 0 Å². The van der Waals surface area contributed by atoms with Crippen molar-refractivity contribution in [1.29, 1.82) is 0 Å². The van der Waals surface area contributed by atoms with Crippen LogP contribution in [0.1, 0.15) is 62.4 Å². The molecule has 10 aromatic rings. The van der Waals surface area contributed by atoms with Gasteiger partial charge >= 0.3 is 0 Å². The number of thiophene rings is 4. The molecule has 0 radical (unpaired) electrons. The van der Waals surface area contributed by atoms with Gasteiger partial charge in [-0.2, -0.15) is 0 Å². The molecule has 4 aromatic carbocycles. The molecular weight excluding hydrogens is 845 g/mol. The molecule has 0 unspecified atom stereocenters. The molecule has 0 aliphatic heterocycles. The van der Waals surface area contributed by atoms with Crippen molar-refractivity contribution in [2.24, 2.45) is 0 Å². The van der Waals surface area contributed by atoms with E-state index in [9.17, 15) is 0 Å². The molecular formula is C56H48N2OS4. The molecule has 0 spiro atoms. The number of aromatic nitrogens is 2. The van der Waals surface area contributed by atoms with E-state index >= 15 is 0 Å². The SMILES string of the molecule is Cc1ccc(-c2cc(Oc3cc(-c4ccc(C)s4)cc(-c4nccc5cc(-c6ccc(C(C)(C)C)cc6)sc45)c3)cc(-c3nccc4cc(-c5ccc(C(C)(C)C)cc5)sc34)c2)s1. The Morgan fingerprint density at radius 1 is 0.381 bits per heavy atom. The fraction of sp³-hybridized carbons (Fsp3) is 0.179. The van der Waals surface area contributed by atoms with Crippen LogP contribution in [0, 0.1) is 13.8 Å². The van der Waals surface area contributed by atoms with E-state index in [0.29, 0.717) is 0 Å². The summed E-state index contributed by atoms with van der Waals surface area (Å²) in [5.74, 6) is 1.52. The third-order valence-electron chi connectivity index (χ3n) is 11.6. The van der Waals surface area contributed by atoms with Gasteiger partial charge < -0.3 is 4.74 Å². The van der Waals surface area contributed by atoms with E-state index in [1.807, 2.05) is 12.4 Å². The average molecular weight is 893 g/mol. The molecule has 0 atom stereocenters. The zero-order valence-electron chi connectivity index (χ0n) is 36.8. The maximum Gasteiger partial charge on any atom is 0.128 e. The van der Waals surface area contributed by atoms with Gasteiger partial charge in [0, 0.05) is 52.8 Å². The van der Waals surface area contributed by atoms with E-state index in [1.54, 1.807) is 45.3 Å². The van der Waals surface area contributed by atoms with E-state index in [1.165, 1.54) is 62.3 Å². The molecule has 0 N–H and O–H groups in total. The van der Waals surface area contributed by atoms with Crippen LogP contribution in [0.15, 0.2) is 146 Å². The van der Waals surface area contributed by atoms with Gasteiger partial charge in [0.2, 0.25) is 0 Å². The van der Waals surface area contributed by atoms with E-state index in [4.69, 9.17) is 14.7 Å². The van der Waals surface area contributed by atoms with Crippen LogP contribution in [0.5, 0.6) is 11.5 Å². The zero-order valence-corrected chi connectivity index (χ0v) is 40.1. The quantitative estimate of drug-likeness (QED) is 0.152. The minimum atomic E-state index is 0.104. The highest BCUT2D eigenvalue weighted by atomic mass is 32.1. The van der Waals surface area contributed by atoms with Crippen LogP contribution in [-0.4, -0.2) is 9.97 Å². The van der Waals surface area contributed by atoms with Crippen molar-refractivity contribution in [3.05, 3.63) is 167 Å². The Bertz CT molecular complexity index is 3070. The highest BCUT2D eigenvalue weighted by Gasteiger charge is 2.20. The van der Waals surface area contributed by atoms with E-state index in [0.717, 1.165) is 54.5 Å². The average Bonchev–Trinajstić information content (AvgIpc) is 4.09. The van der Waals surface area contributed by atoms with Crippen molar-refractivity contribution in [3.63, 3.8) is 0 Å². The zero-order chi connectivity index (χ0) is 43.6. The molecule has 0 saturated heterocycles. The van der Waals surface area contributed by atoms with Crippen molar-refractivity contribution in [3.8, 4) is 75.8 Å². The van der Waals surface area contributed by atoms with Gasteiger partial charge in [-0.05, 0) is 154 Å². The lowest BCUT2D eigenvalue weighted by Gasteiger charge is -2.18. The van der Waals surface area contributed by atoms with Gasteiger partial charge in [0.1, 0.15) is 11.5 Å². The second kappa shape index (κ2) is 16.1. The van der Waals surface area contributed by atoms with Crippen LogP contribution >= 0.6 is 45.3 Å². The molecule has 0 fully saturated rings. The highest BCUT2D eigenvalue weighted by molar-refractivity contribution is 7.23. The number of hydrogen-bond acceptors (Lipinski definition) is 7. The molecule has 312 valence electrons. The van der Waals surface area contributed by atoms with Crippen molar-refractivity contribution in [2.45, 2.75) is 66.2 Å². The molecule has 6 aromatic heterocycles. The van der Waals surface area contributed by atoms with Crippen LogP contribution < -0.4 is 4.74 Å². The molecule has 6 heterocycles. The van der Waals surface area contributed by atoms with Gasteiger partial charge in [-0.3, -0.25) is 9.97 Å². The fourth-order valence-electron chi connectivity index (χ4n) is 8.08. The molecule has 0 amide bonds. The topological polar surface area (TPSA) is 35.0 Å². The lowest BCUT2D eigenvalue weighted by molar-refractivity contribution is 0.483. The number of ether oxygens (including phenoxy) is 1. The Morgan fingerprint density at radius 3 is 1.14 bits per heavy atom. The summed E-state index contributed by atoms with van der Waals surface area (Å²) in [5, 5.41) is 2.37. The summed E-state index contributed by atoms with van der Waals surface area (Å²) < 4.78 is 9.38. The Kier molecular flexibility index (Phi) is 10.6. The molecule has 0 aliphatic carbocycles. The lowest BCUT2D eigenvalue weighted by Crippen LogP contribution is -2.10. The minimum absolute atomic E-state index is 0.104. The Labute approximate surface area is 386 Å². The first-order valence-electron chi connectivity index (χ1n) is 21.3. The fourth-order valence-corrected chi connectivity index (χ4v) is 12.1. The van der Waals surface area contributed by atoms with Gasteiger partial charge in [0.05, 0.1) is 20.8 Å². The first-order valence-corrected chi connectivity index (χ1v) is 24.6. The smallest absolute Gasteiger partial charge is 0.128 e. The molecule has 10 rings (SSSR count). The second-order valence-electron chi connectivity index (χ2n) is 18.4. The van der Waals surface area contributed by atoms with Gasteiger partial charge in [-0.1, -0.05) is 90.1 Å². The van der Waals surface area contributed by atoms with Gasteiger partial charge in [-0.25, -0.2) is 0 Å². The number of hydrogen-bond donors (Lipinski definition) is 0. The molecule has 0 saturated carbocycles. The Balaban J connectivity index is 1.07. The van der Waals surface area contributed by atoms with Gasteiger partial charge in [0.25, 0.3) is 0 Å². The standard InChI is InChI=1S/C56H48N2OS4/c1-33-9-19-47(60-33)39-25-41(51-53-37(21-23-57-51)31-49(62-53)35-11-15-43(16-12-35)55(3,4)5)29-45(27-39)59-46-28-40(48-20-10-34(2)61-48)26-42(30-46)52-54-38(22-24-58-52)32-50(63-54)36-13-17-44(18-14-36)56(6,7)8/h9-32H,1-8H3. The number of fused-ring (bicyclic) bond motifs is 2. The summed E-state index contributed by atoms with van der Waals surface area (Å²) in [6, 6.07) is 48.9. The molecule has 7 heteroatoms. The molecule has 0 bridgehead atoms. The van der Waals surface area contributed by atoms with E-state index < -0.39 is 0 Å². The first kappa shape index (κ1) is 41.3.